The van der Waals surface area contributed by atoms with Crippen molar-refractivity contribution in [1.82, 2.24) is 0 Å². The van der Waals surface area contributed by atoms with Crippen LogP contribution in [-0.4, -0.2) is 11.6 Å². The lowest BCUT2D eigenvalue weighted by Crippen LogP contribution is -2.22. The average Bonchev–Trinajstić information content (AvgIpc) is 2.26. The van der Waals surface area contributed by atoms with Crippen molar-refractivity contribution in [3.63, 3.8) is 0 Å². The minimum absolute atomic E-state index is 0.0210. The van der Waals surface area contributed by atoms with Gasteiger partial charge in [0.1, 0.15) is 5.78 Å². The van der Waals surface area contributed by atoms with Crippen LogP contribution in [0.4, 0.5) is 0 Å². The Kier molecular flexibility index (Phi) is 4.38. The topological polar surface area (TPSA) is 34.1 Å². The number of benzene rings is 1. The summed E-state index contributed by atoms with van der Waals surface area (Å²) < 4.78 is 0. The Morgan fingerprint density at radius 2 is 1.71 bits per heavy atom. The Morgan fingerprint density at radius 3 is 2.24 bits per heavy atom. The van der Waals surface area contributed by atoms with E-state index in [0.717, 1.165) is 5.56 Å². The van der Waals surface area contributed by atoms with Gasteiger partial charge in [-0.1, -0.05) is 57.2 Å². The van der Waals surface area contributed by atoms with E-state index in [4.69, 9.17) is 0 Å². The second kappa shape index (κ2) is 5.58. The van der Waals surface area contributed by atoms with Gasteiger partial charge in [-0.05, 0) is 11.6 Å². The van der Waals surface area contributed by atoms with Crippen LogP contribution in [0.15, 0.2) is 36.4 Å². The fraction of sp³-hybridized carbons (Fsp3) is 0.333. The van der Waals surface area contributed by atoms with Gasteiger partial charge in [-0.15, -0.1) is 0 Å². The maximum Gasteiger partial charge on any atom is 0.163 e. The summed E-state index contributed by atoms with van der Waals surface area (Å²) in [5.41, 5.74) is 0.514. The molecule has 0 unspecified atom stereocenters. The smallest absolute Gasteiger partial charge is 0.163 e. The van der Waals surface area contributed by atoms with Crippen LogP contribution in [-0.2, 0) is 9.59 Å². The van der Waals surface area contributed by atoms with E-state index in [1.807, 2.05) is 51.1 Å². The van der Waals surface area contributed by atoms with Crippen molar-refractivity contribution in [2.45, 2.75) is 27.2 Å². The molecule has 0 saturated heterocycles. The van der Waals surface area contributed by atoms with Crippen molar-refractivity contribution < 1.29 is 9.59 Å². The second-order valence-electron chi connectivity index (χ2n) is 5.06. The molecule has 0 heterocycles. The first-order chi connectivity index (χ1) is 7.89. The summed E-state index contributed by atoms with van der Waals surface area (Å²) in [6.07, 6.45) is 3.18. The third-order valence-electron chi connectivity index (χ3n) is 2.43. The molecule has 90 valence electrons. The Balaban J connectivity index is 2.57. The number of carbonyl (C=O) groups is 2. The van der Waals surface area contributed by atoms with E-state index < -0.39 is 5.41 Å². The first-order valence-corrected chi connectivity index (χ1v) is 5.69. The van der Waals surface area contributed by atoms with Crippen LogP contribution in [0, 0.1) is 5.41 Å². The molecule has 0 spiro atoms. The van der Waals surface area contributed by atoms with Crippen molar-refractivity contribution in [2.24, 2.45) is 5.41 Å². The number of carbonyl (C=O) groups excluding carboxylic acids is 2. The molecule has 0 aliphatic carbocycles. The maximum absolute atomic E-state index is 11.6. The number of Topliss-reactive ketones (excluding diaryl/α,β-unsaturated/α-hetero) is 1. The number of rotatable bonds is 4. The number of allylic oxidation sites excluding steroid dienone is 1. The molecule has 0 saturated carbocycles. The van der Waals surface area contributed by atoms with E-state index in [1.54, 1.807) is 6.08 Å². The molecule has 0 amide bonds. The molecule has 0 fully saturated rings. The zero-order valence-electron chi connectivity index (χ0n) is 10.6. The molecule has 0 N–H and O–H groups in total. The van der Waals surface area contributed by atoms with Gasteiger partial charge in [-0.3, -0.25) is 9.59 Å². The van der Waals surface area contributed by atoms with Crippen LogP contribution in [0.3, 0.4) is 0 Å². The molecular formula is C15H18O2. The minimum atomic E-state index is -0.448. The first kappa shape index (κ1) is 13.4. The van der Waals surface area contributed by atoms with Crippen LogP contribution in [0.2, 0.25) is 0 Å². The van der Waals surface area contributed by atoms with E-state index in [0.29, 0.717) is 0 Å². The molecule has 1 aromatic rings. The molecule has 0 radical (unpaired) electrons. The molecule has 0 bridgehead atoms. The quantitative estimate of drug-likeness (QED) is 0.587. The highest BCUT2D eigenvalue weighted by molar-refractivity contribution is 6.07. The Bertz CT molecular complexity index is 422. The zero-order valence-corrected chi connectivity index (χ0v) is 10.6. The molecule has 1 aromatic carbocycles. The molecule has 1 rings (SSSR count). The standard InChI is InChI=1S/C15H18O2/c1-15(2,3)14(17)11-13(16)10-9-12-7-5-4-6-8-12/h4-10H,11H2,1-3H3/b10-9+. The van der Waals surface area contributed by atoms with Gasteiger partial charge < -0.3 is 0 Å². The normalized spacial score (nSPS) is 11.7. The van der Waals surface area contributed by atoms with Crippen LogP contribution in [0.1, 0.15) is 32.8 Å². The summed E-state index contributed by atoms with van der Waals surface area (Å²) in [5.74, 6) is -0.172. The van der Waals surface area contributed by atoms with Gasteiger partial charge in [0, 0.05) is 5.41 Å². The number of hydrogen-bond donors (Lipinski definition) is 0. The van der Waals surface area contributed by atoms with Gasteiger partial charge in [0.25, 0.3) is 0 Å². The van der Waals surface area contributed by atoms with E-state index in [9.17, 15) is 9.59 Å². The highest BCUT2D eigenvalue weighted by Gasteiger charge is 2.22. The van der Waals surface area contributed by atoms with Crippen LogP contribution < -0.4 is 0 Å². The maximum atomic E-state index is 11.6. The second-order valence-corrected chi connectivity index (χ2v) is 5.06. The van der Waals surface area contributed by atoms with E-state index in [1.165, 1.54) is 6.08 Å². The SMILES string of the molecule is CC(C)(C)C(=O)CC(=O)/C=C/c1ccccc1. The molecule has 2 nitrogen and oxygen atoms in total. The molecule has 17 heavy (non-hydrogen) atoms. The van der Waals surface area contributed by atoms with Crippen LogP contribution >= 0.6 is 0 Å². The summed E-state index contributed by atoms with van der Waals surface area (Å²) in [4.78, 5) is 23.2. The average molecular weight is 230 g/mol. The predicted molar refractivity (Wildman–Crippen MR) is 69.6 cm³/mol. The number of hydrogen-bond acceptors (Lipinski definition) is 2. The Hall–Kier alpha value is -1.70. The van der Waals surface area contributed by atoms with Crippen molar-refractivity contribution in [3.05, 3.63) is 42.0 Å². The van der Waals surface area contributed by atoms with Gasteiger partial charge in [0.2, 0.25) is 0 Å². The fourth-order valence-corrected chi connectivity index (χ4v) is 1.24. The third kappa shape index (κ3) is 4.77. The zero-order chi connectivity index (χ0) is 12.9. The van der Waals surface area contributed by atoms with Gasteiger partial charge in [-0.25, -0.2) is 0 Å². The Labute approximate surface area is 102 Å². The first-order valence-electron chi connectivity index (χ1n) is 5.69. The van der Waals surface area contributed by atoms with E-state index in [2.05, 4.69) is 0 Å². The largest absolute Gasteiger partial charge is 0.299 e. The predicted octanol–water partition coefficient (Wildman–Crippen LogP) is 3.27. The van der Waals surface area contributed by atoms with Crippen molar-refractivity contribution >= 4 is 17.6 Å². The summed E-state index contributed by atoms with van der Waals surface area (Å²) in [7, 11) is 0. The van der Waals surface area contributed by atoms with Crippen molar-refractivity contribution in [1.29, 1.82) is 0 Å². The van der Waals surface area contributed by atoms with Gasteiger partial charge >= 0.3 is 0 Å². The molecular weight excluding hydrogens is 212 g/mol. The van der Waals surface area contributed by atoms with Gasteiger partial charge in [0.05, 0.1) is 6.42 Å². The molecule has 0 aromatic heterocycles. The third-order valence-corrected chi connectivity index (χ3v) is 2.43. The van der Waals surface area contributed by atoms with E-state index in [-0.39, 0.29) is 18.0 Å². The van der Waals surface area contributed by atoms with Crippen LogP contribution in [0.5, 0.6) is 0 Å². The lowest BCUT2D eigenvalue weighted by Gasteiger charge is -2.14. The summed E-state index contributed by atoms with van der Waals surface area (Å²) in [6.45, 7) is 5.47. The van der Waals surface area contributed by atoms with Gasteiger partial charge in [0.15, 0.2) is 5.78 Å². The van der Waals surface area contributed by atoms with Gasteiger partial charge in [-0.2, -0.15) is 0 Å². The van der Waals surface area contributed by atoms with Crippen molar-refractivity contribution in [2.75, 3.05) is 0 Å². The molecule has 0 aliphatic heterocycles. The highest BCUT2D eigenvalue weighted by Crippen LogP contribution is 2.17. The fourth-order valence-electron chi connectivity index (χ4n) is 1.24. The molecule has 0 atom stereocenters. The summed E-state index contributed by atoms with van der Waals surface area (Å²) in [5, 5.41) is 0. The summed E-state index contributed by atoms with van der Waals surface area (Å²) >= 11 is 0. The number of ketones is 2. The Morgan fingerprint density at radius 1 is 1.12 bits per heavy atom. The summed E-state index contributed by atoms with van der Waals surface area (Å²) in [6, 6.07) is 9.56. The molecule has 0 aliphatic rings. The minimum Gasteiger partial charge on any atom is -0.299 e. The van der Waals surface area contributed by atoms with E-state index >= 15 is 0 Å². The van der Waals surface area contributed by atoms with Crippen molar-refractivity contribution in [3.8, 4) is 0 Å². The monoisotopic (exact) mass is 230 g/mol. The lowest BCUT2D eigenvalue weighted by atomic mass is 9.88. The highest BCUT2D eigenvalue weighted by atomic mass is 16.1. The lowest BCUT2D eigenvalue weighted by molar-refractivity contribution is -0.130. The van der Waals surface area contributed by atoms with Crippen LogP contribution in [0.25, 0.3) is 6.08 Å². The molecule has 2 heteroatoms.